The van der Waals surface area contributed by atoms with Gasteiger partial charge in [0.1, 0.15) is 0 Å². The summed E-state index contributed by atoms with van der Waals surface area (Å²) in [4.78, 5) is 22.7. The highest BCUT2D eigenvalue weighted by Gasteiger charge is 2.08. The summed E-state index contributed by atoms with van der Waals surface area (Å²) in [5.41, 5.74) is 1.67. The molecule has 0 amide bonds. The molecule has 1 aromatic carbocycles. The van der Waals surface area contributed by atoms with E-state index in [1.165, 1.54) is 13.2 Å². The molecule has 0 fully saturated rings. The second-order valence-corrected chi connectivity index (χ2v) is 3.86. The van der Waals surface area contributed by atoms with E-state index >= 15 is 0 Å². The number of methoxy groups -OCH3 is 1. The van der Waals surface area contributed by atoms with E-state index < -0.39 is 5.97 Å². The van der Waals surface area contributed by atoms with Crippen LogP contribution in [0.15, 0.2) is 36.4 Å². The summed E-state index contributed by atoms with van der Waals surface area (Å²) < 4.78 is 9.50. The second kappa shape index (κ2) is 8.08. The fraction of sp³-hybridized carbons (Fsp3) is 0.333. The van der Waals surface area contributed by atoms with Crippen LogP contribution < -0.4 is 0 Å². The minimum atomic E-state index is -0.397. The van der Waals surface area contributed by atoms with Gasteiger partial charge in [0.15, 0.2) is 0 Å². The van der Waals surface area contributed by atoms with Gasteiger partial charge in [-0.2, -0.15) is 0 Å². The van der Waals surface area contributed by atoms with E-state index in [0.29, 0.717) is 13.0 Å². The number of benzene rings is 1. The number of carbonyl (C=O) groups excluding carboxylic acids is 2. The minimum absolute atomic E-state index is 0.233. The molecule has 0 aliphatic rings. The molecule has 4 heteroatoms. The molecule has 0 aliphatic carbocycles. The summed E-state index contributed by atoms with van der Waals surface area (Å²) in [7, 11) is 1.35. The molecule has 19 heavy (non-hydrogen) atoms. The fourth-order valence-corrected chi connectivity index (χ4v) is 1.62. The summed E-state index contributed by atoms with van der Waals surface area (Å²) in [6.07, 6.45) is 2.11. The average molecular weight is 262 g/mol. The van der Waals surface area contributed by atoms with Crippen LogP contribution in [0.3, 0.4) is 0 Å². The highest BCUT2D eigenvalue weighted by molar-refractivity contribution is 5.92. The zero-order chi connectivity index (χ0) is 14.1. The molecule has 1 rings (SSSR count). The van der Waals surface area contributed by atoms with E-state index in [4.69, 9.17) is 4.74 Å². The summed E-state index contributed by atoms with van der Waals surface area (Å²) in [5.74, 6) is -0.697. The van der Waals surface area contributed by atoms with Crippen molar-refractivity contribution in [1.82, 2.24) is 0 Å². The third-order valence-corrected chi connectivity index (χ3v) is 2.55. The van der Waals surface area contributed by atoms with Gasteiger partial charge in [0, 0.05) is 12.5 Å². The van der Waals surface area contributed by atoms with Crippen molar-refractivity contribution in [2.24, 2.45) is 0 Å². The molecule has 0 aliphatic heterocycles. The average Bonchev–Trinajstić information content (AvgIpc) is 2.44. The number of allylic oxidation sites excluding steroid dienone is 1. The van der Waals surface area contributed by atoms with Crippen LogP contribution in [0.4, 0.5) is 0 Å². The maximum atomic E-state index is 11.5. The van der Waals surface area contributed by atoms with Crippen LogP contribution in [0.25, 0.3) is 5.57 Å². The second-order valence-electron chi connectivity index (χ2n) is 3.86. The smallest absolute Gasteiger partial charge is 0.331 e. The molecule has 0 unspecified atom stereocenters. The van der Waals surface area contributed by atoms with Gasteiger partial charge in [-0.05, 0) is 24.5 Å². The maximum Gasteiger partial charge on any atom is 0.331 e. The highest BCUT2D eigenvalue weighted by Crippen LogP contribution is 2.20. The van der Waals surface area contributed by atoms with Gasteiger partial charge in [-0.25, -0.2) is 4.79 Å². The molecule has 0 atom stereocenters. The lowest BCUT2D eigenvalue weighted by Gasteiger charge is -2.07. The highest BCUT2D eigenvalue weighted by atomic mass is 16.5. The Balaban J connectivity index is 2.85. The molecule has 4 nitrogen and oxygen atoms in total. The predicted molar refractivity (Wildman–Crippen MR) is 72.3 cm³/mol. The van der Waals surface area contributed by atoms with Gasteiger partial charge in [-0.3, -0.25) is 4.79 Å². The van der Waals surface area contributed by atoms with Crippen LogP contribution in [-0.4, -0.2) is 25.7 Å². The van der Waals surface area contributed by atoms with Gasteiger partial charge in [-0.15, -0.1) is 0 Å². The zero-order valence-electron chi connectivity index (χ0n) is 11.2. The summed E-state index contributed by atoms with van der Waals surface area (Å²) in [6, 6.07) is 9.44. The van der Waals surface area contributed by atoms with E-state index in [1.807, 2.05) is 30.3 Å². The number of esters is 2. The van der Waals surface area contributed by atoms with E-state index in [1.54, 1.807) is 6.92 Å². The molecule has 0 radical (unpaired) electrons. The Hall–Kier alpha value is -2.10. The molecule has 0 saturated heterocycles. The van der Waals surface area contributed by atoms with Crippen molar-refractivity contribution < 1.29 is 19.1 Å². The van der Waals surface area contributed by atoms with Crippen molar-refractivity contribution >= 4 is 17.5 Å². The van der Waals surface area contributed by atoms with E-state index in [2.05, 4.69) is 4.74 Å². The summed E-state index contributed by atoms with van der Waals surface area (Å²) >= 11 is 0. The van der Waals surface area contributed by atoms with Crippen LogP contribution in [-0.2, 0) is 19.1 Å². The molecule has 0 aromatic heterocycles. The fourth-order valence-electron chi connectivity index (χ4n) is 1.62. The lowest BCUT2D eigenvalue weighted by atomic mass is 10.0. The van der Waals surface area contributed by atoms with Crippen LogP contribution in [0.2, 0.25) is 0 Å². The van der Waals surface area contributed by atoms with Crippen molar-refractivity contribution in [3.63, 3.8) is 0 Å². The lowest BCUT2D eigenvalue weighted by Crippen LogP contribution is -2.04. The van der Waals surface area contributed by atoms with E-state index in [0.717, 1.165) is 11.1 Å². The van der Waals surface area contributed by atoms with Gasteiger partial charge >= 0.3 is 11.9 Å². The first-order valence-corrected chi connectivity index (χ1v) is 6.17. The molecule has 102 valence electrons. The first-order chi connectivity index (χ1) is 9.17. The normalized spacial score (nSPS) is 10.9. The largest absolute Gasteiger partial charge is 0.469 e. The van der Waals surface area contributed by atoms with Gasteiger partial charge in [0.25, 0.3) is 0 Å². The summed E-state index contributed by atoms with van der Waals surface area (Å²) in [6.45, 7) is 2.08. The quantitative estimate of drug-likeness (QED) is 0.584. The molecular weight excluding hydrogens is 244 g/mol. The topological polar surface area (TPSA) is 52.6 Å². The first kappa shape index (κ1) is 15.0. The van der Waals surface area contributed by atoms with Crippen molar-refractivity contribution in [2.45, 2.75) is 19.8 Å². The van der Waals surface area contributed by atoms with Crippen molar-refractivity contribution in [3.05, 3.63) is 42.0 Å². The van der Waals surface area contributed by atoms with Gasteiger partial charge in [0.05, 0.1) is 13.7 Å². The van der Waals surface area contributed by atoms with Crippen LogP contribution in [0.5, 0.6) is 0 Å². The van der Waals surface area contributed by atoms with Gasteiger partial charge in [0.2, 0.25) is 0 Å². The third-order valence-electron chi connectivity index (χ3n) is 2.55. The summed E-state index contributed by atoms with van der Waals surface area (Å²) in [5, 5.41) is 0. The number of rotatable bonds is 6. The van der Waals surface area contributed by atoms with Crippen molar-refractivity contribution in [2.75, 3.05) is 13.7 Å². The number of hydrogen-bond donors (Lipinski definition) is 0. The Morgan fingerprint density at radius 2 is 1.84 bits per heavy atom. The molecule has 0 spiro atoms. The number of ether oxygens (including phenoxy) is 2. The Morgan fingerprint density at radius 3 is 2.42 bits per heavy atom. The zero-order valence-corrected chi connectivity index (χ0v) is 11.2. The predicted octanol–water partition coefficient (Wildman–Crippen LogP) is 2.59. The van der Waals surface area contributed by atoms with E-state index in [-0.39, 0.29) is 12.4 Å². The molecule has 1 aromatic rings. The molecule has 0 saturated carbocycles. The van der Waals surface area contributed by atoms with Crippen molar-refractivity contribution in [1.29, 1.82) is 0 Å². The van der Waals surface area contributed by atoms with Crippen LogP contribution >= 0.6 is 0 Å². The monoisotopic (exact) mass is 262 g/mol. The van der Waals surface area contributed by atoms with Gasteiger partial charge in [-0.1, -0.05) is 30.3 Å². The number of carbonyl (C=O) groups is 2. The molecule has 0 heterocycles. The maximum absolute atomic E-state index is 11.5. The van der Waals surface area contributed by atoms with E-state index in [9.17, 15) is 9.59 Å². The van der Waals surface area contributed by atoms with Crippen LogP contribution in [0.1, 0.15) is 25.3 Å². The number of hydrogen-bond acceptors (Lipinski definition) is 4. The van der Waals surface area contributed by atoms with Crippen LogP contribution in [0, 0.1) is 0 Å². The van der Waals surface area contributed by atoms with Gasteiger partial charge < -0.3 is 9.47 Å². The Bertz CT molecular complexity index is 448. The molecule has 0 bridgehead atoms. The Kier molecular flexibility index (Phi) is 6.36. The minimum Gasteiger partial charge on any atom is -0.469 e. The third kappa shape index (κ3) is 5.38. The molecule has 0 N–H and O–H groups in total. The lowest BCUT2D eigenvalue weighted by molar-refractivity contribution is -0.140. The SMILES string of the molecule is CCOC(=O)/C=C(\CCC(=O)OC)c1ccccc1. The van der Waals surface area contributed by atoms with Crippen molar-refractivity contribution in [3.8, 4) is 0 Å². The Labute approximate surface area is 113 Å². The standard InChI is InChI=1S/C15H18O4/c1-3-19-15(17)11-13(9-10-14(16)18-2)12-7-5-4-6-8-12/h4-8,11H,3,9-10H2,1-2H3/b13-11+. The first-order valence-electron chi connectivity index (χ1n) is 6.17. The Morgan fingerprint density at radius 1 is 1.16 bits per heavy atom. The molecular formula is C15H18O4.